The zero-order valence-electron chi connectivity index (χ0n) is 24.7. The van der Waals surface area contributed by atoms with E-state index in [0.717, 1.165) is 76.9 Å². The normalized spacial score (nSPS) is 19.1. The summed E-state index contributed by atoms with van der Waals surface area (Å²) in [7, 11) is 1.00. The van der Waals surface area contributed by atoms with Crippen LogP contribution < -0.4 is 5.73 Å². The number of aromatic nitrogens is 2. The summed E-state index contributed by atoms with van der Waals surface area (Å²) >= 11 is 0. The molecule has 6 rings (SSSR count). The first-order valence-corrected chi connectivity index (χ1v) is 15.0. The van der Waals surface area contributed by atoms with Gasteiger partial charge < -0.3 is 20.6 Å². The highest BCUT2D eigenvalue weighted by Crippen LogP contribution is 2.30. The fourth-order valence-corrected chi connectivity index (χ4v) is 5.17. The first-order valence-electron chi connectivity index (χ1n) is 15.0. The van der Waals surface area contributed by atoms with E-state index in [1.54, 1.807) is 24.4 Å². The number of carbonyl (C=O) groups excluding carboxylic acids is 2. The Morgan fingerprint density at radius 2 is 1.24 bits per heavy atom. The van der Waals surface area contributed by atoms with Gasteiger partial charge in [0.15, 0.2) is 0 Å². The molecule has 2 aliphatic carbocycles. The van der Waals surface area contributed by atoms with Gasteiger partial charge in [0.2, 0.25) is 5.69 Å². The lowest BCUT2D eigenvalue weighted by Crippen LogP contribution is -2.49. The average molecular weight is 577 g/mol. The maximum Gasteiger partial charge on any atom is 0.272 e. The Kier molecular flexibility index (Phi) is 11.8. The van der Waals surface area contributed by atoms with Crippen LogP contribution in [0.25, 0.3) is 4.85 Å². The van der Waals surface area contributed by atoms with Crippen molar-refractivity contribution in [1.82, 2.24) is 29.6 Å². The molecule has 4 heterocycles. The standard InChI is InChI=1S/C15H18N4O.C15H22N4O.CH4O/c1-16-13-4-5-14(17-10-13)15(20)19-8-6-18(7-9-19)11-12-2-3-12;16-9-13-3-4-14(17-10-13)15(20)19-7-5-18(6-8-19)11-12-1-2-12;1-2/h4-5,10,12H,2-3,6-9,11H2;3-4,10,12H,1-2,5-9,11,16H2;2H,1H3. The van der Waals surface area contributed by atoms with Gasteiger partial charge in [-0.05, 0) is 55.2 Å². The van der Waals surface area contributed by atoms with Crippen molar-refractivity contribution in [3.05, 3.63) is 65.0 Å². The third-order valence-corrected chi connectivity index (χ3v) is 8.12. The van der Waals surface area contributed by atoms with Crippen LogP contribution in [0.5, 0.6) is 0 Å². The van der Waals surface area contributed by atoms with Crippen LogP contribution >= 0.6 is 0 Å². The van der Waals surface area contributed by atoms with Crippen molar-refractivity contribution < 1.29 is 14.7 Å². The maximum atomic E-state index is 12.4. The minimum Gasteiger partial charge on any atom is -0.400 e. The average Bonchev–Trinajstić information content (AvgIpc) is 4.01. The highest BCUT2D eigenvalue weighted by atomic mass is 16.2. The summed E-state index contributed by atoms with van der Waals surface area (Å²) in [6.07, 6.45) is 8.67. The summed E-state index contributed by atoms with van der Waals surface area (Å²) in [5, 5.41) is 7.00. The molecule has 0 radical (unpaired) electrons. The monoisotopic (exact) mass is 576 g/mol. The lowest BCUT2D eigenvalue weighted by molar-refractivity contribution is 0.0620. The predicted octanol–water partition coefficient (Wildman–Crippen LogP) is 2.12. The van der Waals surface area contributed by atoms with Gasteiger partial charge >= 0.3 is 0 Å². The molecule has 2 aromatic heterocycles. The molecule has 2 saturated carbocycles. The molecule has 0 aromatic carbocycles. The van der Waals surface area contributed by atoms with Gasteiger partial charge in [-0.3, -0.25) is 29.4 Å². The van der Waals surface area contributed by atoms with Gasteiger partial charge in [0.05, 0.1) is 6.57 Å². The number of nitrogens with two attached hydrogens (primary N) is 1. The van der Waals surface area contributed by atoms with Crippen LogP contribution in [0.15, 0.2) is 36.7 Å². The Balaban J connectivity index is 0.000000182. The highest BCUT2D eigenvalue weighted by Gasteiger charge is 2.29. The van der Waals surface area contributed by atoms with Gasteiger partial charge in [-0.15, -0.1) is 0 Å². The lowest BCUT2D eigenvalue weighted by Gasteiger charge is -2.34. The van der Waals surface area contributed by atoms with Crippen LogP contribution in [0.1, 0.15) is 52.2 Å². The number of hydrogen-bond donors (Lipinski definition) is 2. The van der Waals surface area contributed by atoms with Gasteiger partial charge in [0, 0.05) is 91.5 Å². The smallest absolute Gasteiger partial charge is 0.272 e. The van der Waals surface area contributed by atoms with Crippen molar-refractivity contribution in [2.24, 2.45) is 17.6 Å². The van der Waals surface area contributed by atoms with Gasteiger partial charge in [0.25, 0.3) is 11.8 Å². The third-order valence-electron chi connectivity index (χ3n) is 8.12. The molecule has 2 saturated heterocycles. The second kappa shape index (κ2) is 15.7. The van der Waals surface area contributed by atoms with Crippen LogP contribution in [0.4, 0.5) is 5.69 Å². The predicted molar refractivity (Wildman–Crippen MR) is 161 cm³/mol. The van der Waals surface area contributed by atoms with E-state index in [4.69, 9.17) is 17.4 Å². The Bertz CT molecular complexity index is 1180. The highest BCUT2D eigenvalue weighted by molar-refractivity contribution is 5.93. The molecule has 42 heavy (non-hydrogen) atoms. The van der Waals surface area contributed by atoms with Crippen molar-refractivity contribution >= 4 is 17.5 Å². The van der Waals surface area contributed by atoms with Gasteiger partial charge in [-0.1, -0.05) is 12.1 Å². The summed E-state index contributed by atoms with van der Waals surface area (Å²) in [5.74, 6) is 1.84. The van der Waals surface area contributed by atoms with E-state index in [1.165, 1.54) is 45.0 Å². The number of amides is 2. The number of hydrogen-bond acceptors (Lipinski definition) is 8. The summed E-state index contributed by atoms with van der Waals surface area (Å²) in [6.45, 7) is 16.8. The van der Waals surface area contributed by atoms with E-state index in [0.29, 0.717) is 23.6 Å². The van der Waals surface area contributed by atoms with Crippen LogP contribution in [-0.2, 0) is 6.54 Å². The van der Waals surface area contributed by atoms with Crippen LogP contribution in [-0.4, -0.2) is 119 Å². The fourth-order valence-electron chi connectivity index (χ4n) is 5.17. The number of pyridine rings is 2. The van der Waals surface area contributed by atoms with Crippen molar-refractivity contribution in [2.45, 2.75) is 32.2 Å². The molecule has 2 aliphatic heterocycles. The molecule has 4 fully saturated rings. The molecular weight excluding hydrogens is 532 g/mol. The molecule has 11 nitrogen and oxygen atoms in total. The maximum absolute atomic E-state index is 12.4. The summed E-state index contributed by atoms with van der Waals surface area (Å²) in [5.41, 5.74) is 7.92. The molecule has 2 aromatic rings. The number of carbonyl (C=O) groups is 2. The van der Waals surface area contributed by atoms with E-state index in [1.807, 2.05) is 15.9 Å². The van der Waals surface area contributed by atoms with Crippen LogP contribution in [0.2, 0.25) is 0 Å². The lowest BCUT2D eigenvalue weighted by atomic mass is 10.2. The molecule has 0 atom stereocenters. The largest absolute Gasteiger partial charge is 0.400 e. The third kappa shape index (κ3) is 9.29. The second-order valence-corrected chi connectivity index (χ2v) is 11.3. The van der Waals surface area contributed by atoms with Crippen molar-refractivity contribution in [1.29, 1.82) is 0 Å². The first kappa shape index (κ1) is 31.5. The van der Waals surface area contributed by atoms with Gasteiger partial charge in [-0.25, -0.2) is 4.85 Å². The summed E-state index contributed by atoms with van der Waals surface area (Å²) in [4.78, 5) is 45.0. The fraction of sp³-hybridized carbons (Fsp3) is 0.581. The van der Waals surface area contributed by atoms with E-state index in [2.05, 4.69) is 24.6 Å². The molecular formula is C31H44N8O3. The molecule has 0 spiro atoms. The molecule has 2 amide bonds. The molecule has 11 heteroatoms. The number of rotatable bonds is 7. The second-order valence-electron chi connectivity index (χ2n) is 11.3. The molecule has 4 aliphatic rings. The summed E-state index contributed by atoms with van der Waals surface area (Å²) < 4.78 is 0. The molecule has 3 N–H and O–H groups in total. The van der Waals surface area contributed by atoms with Crippen molar-refractivity contribution in [3.63, 3.8) is 0 Å². The van der Waals surface area contributed by atoms with E-state index in [-0.39, 0.29) is 11.8 Å². The zero-order valence-corrected chi connectivity index (χ0v) is 24.7. The topological polar surface area (TPSA) is 123 Å². The van der Waals surface area contributed by atoms with Crippen LogP contribution in [0.3, 0.4) is 0 Å². The van der Waals surface area contributed by atoms with E-state index < -0.39 is 0 Å². The molecule has 0 bridgehead atoms. The van der Waals surface area contributed by atoms with E-state index >= 15 is 0 Å². The number of aliphatic hydroxyl groups excluding tert-OH is 1. The van der Waals surface area contributed by atoms with E-state index in [9.17, 15) is 9.59 Å². The van der Waals surface area contributed by atoms with Crippen molar-refractivity contribution in [3.8, 4) is 0 Å². The minimum atomic E-state index is -0.0207. The Morgan fingerprint density at radius 3 is 1.57 bits per heavy atom. The Hall–Kier alpha value is -3.43. The number of piperazine rings is 2. The molecule has 226 valence electrons. The minimum absolute atomic E-state index is 0.0207. The number of nitrogens with zero attached hydrogens (tertiary/aromatic N) is 7. The Morgan fingerprint density at radius 1 is 0.786 bits per heavy atom. The van der Waals surface area contributed by atoms with Crippen molar-refractivity contribution in [2.75, 3.05) is 72.6 Å². The van der Waals surface area contributed by atoms with Gasteiger partial charge in [-0.2, -0.15) is 0 Å². The Labute approximate surface area is 249 Å². The summed E-state index contributed by atoms with van der Waals surface area (Å²) in [6, 6.07) is 6.95. The van der Waals surface area contributed by atoms with Gasteiger partial charge in [0.1, 0.15) is 11.4 Å². The molecule has 0 unspecified atom stereocenters. The zero-order chi connectivity index (χ0) is 29.9. The SMILES string of the molecule is CO.NCc1ccc(C(=O)N2CCN(CC3CC3)CC2)nc1.[C-]#[N+]c1ccc(C(=O)N2CCN(CC3CC3)CC2)nc1. The first-order chi connectivity index (χ1) is 20.5. The quantitative estimate of drug-likeness (QED) is 0.481. The van der Waals surface area contributed by atoms with Crippen LogP contribution in [0, 0.1) is 18.4 Å². The number of aliphatic hydroxyl groups is 1.